The van der Waals surface area contributed by atoms with Crippen LogP contribution in [0.1, 0.15) is 31.9 Å². The number of fused-ring (bicyclic) bond motifs is 1. The van der Waals surface area contributed by atoms with Gasteiger partial charge in [0.1, 0.15) is 0 Å². The minimum Gasteiger partial charge on any atom is -0.308 e. The summed E-state index contributed by atoms with van der Waals surface area (Å²) >= 11 is 0. The Kier molecular flexibility index (Phi) is 2.66. The Morgan fingerprint density at radius 2 is 1.93 bits per heavy atom. The number of hydrogen-bond acceptors (Lipinski definition) is 1. The summed E-state index contributed by atoms with van der Waals surface area (Å²) in [6.45, 7) is 7.58. The maximum atomic E-state index is 3.54. The molecule has 0 radical (unpaired) electrons. The molecule has 0 amide bonds. The normalized spacial score (nSPS) is 15.0. The number of allylic oxidation sites excluding steroid dienone is 1. The molecule has 1 aliphatic rings. The molecule has 0 aromatic heterocycles. The summed E-state index contributed by atoms with van der Waals surface area (Å²) in [5.41, 5.74) is 4.52. The van der Waals surface area contributed by atoms with E-state index in [1.807, 2.05) is 0 Å². The lowest BCUT2D eigenvalue weighted by Crippen LogP contribution is -2.36. The van der Waals surface area contributed by atoms with Crippen LogP contribution in [-0.4, -0.2) is 12.1 Å². The van der Waals surface area contributed by atoms with E-state index in [9.17, 15) is 0 Å². The van der Waals surface area contributed by atoms with Gasteiger partial charge in [0.2, 0.25) is 0 Å². The molecule has 0 fully saturated rings. The van der Waals surface area contributed by atoms with Gasteiger partial charge in [0.15, 0.2) is 0 Å². The van der Waals surface area contributed by atoms with Gasteiger partial charge in [0.25, 0.3) is 0 Å². The van der Waals surface area contributed by atoms with Crippen LogP contribution in [-0.2, 0) is 6.42 Å². The Morgan fingerprint density at radius 1 is 1.20 bits per heavy atom. The lowest BCUT2D eigenvalue weighted by atomic mass is 10.0. The summed E-state index contributed by atoms with van der Waals surface area (Å²) < 4.78 is 0. The third-order valence-corrected chi connectivity index (χ3v) is 2.74. The Morgan fingerprint density at radius 3 is 2.67 bits per heavy atom. The highest BCUT2D eigenvalue weighted by Gasteiger charge is 2.15. The van der Waals surface area contributed by atoms with Crippen LogP contribution >= 0.6 is 0 Å². The van der Waals surface area contributed by atoms with E-state index in [2.05, 4.69) is 56.4 Å². The second-order valence-electron chi connectivity index (χ2n) is 5.19. The molecule has 0 saturated heterocycles. The molecule has 0 spiro atoms. The second-order valence-corrected chi connectivity index (χ2v) is 5.19. The van der Waals surface area contributed by atoms with Gasteiger partial charge in [-0.1, -0.05) is 30.3 Å². The Balaban J connectivity index is 2.08. The van der Waals surface area contributed by atoms with Crippen LogP contribution in [0.5, 0.6) is 0 Å². The Bertz CT molecular complexity index is 383. The largest absolute Gasteiger partial charge is 0.308 e. The van der Waals surface area contributed by atoms with Gasteiger partial charge in [-0.3, -0.25) is 0 Å². The Labute approximate surface area is 92.2 Å². The lowest BCUT2D eigenvalue weighted by molar-refractivity contribution is 0.452. The van der Waals surface area contributed by atoms with Crippen molar-refractivity contribution in [2.24, 2.45) is 0 Å². The third kappa shape index (κ3) is 2.48. The van der Waals surface area contributed by atoms with E-state index >= 15 is 0 Å². The minimum absolute atomic E-state index is 0.193. The predicted molar refractivity (Wildman–Crippen MR) is 65.9 cm³/mol. The van der Waals surface area contributed by atoms with Gasteiger partial charge in [-0.25, -0.2) is 0 Å². The van der Waals surface area contributed by atoms with E-state index in [4.69, 9.17) is 0 Å². The molecule has 0 unspecified atom stereocenters. The highest BCUT2D eigenvalue weighted by molar-refractivity contribution is 5.74. The molecule has 1 heteroatoms. The minimum atomic E-state index is 0.193. The van der Waals surface area contributed by atoms with Gasteiger partial charge in [0, 0.05) is 12.1 Å². The molecule has 0 heterocycles. The van der Waals surface area contributed by atoms with Crippen molar-refractivity contribution in [1.82, 2.24) is 5.32 Å². The van der Waals surface area contributed by atoms with Crippen molar-refractivity contribution in [2.75, 3.05) is 6.54 Å². The zero-order valence-corrected chi connectivity index (χ0v) is 9.80. The first-order chi connectivity index (χ1) is 7.06. The van der Waals surface area contributed by atoms with E-state index < -0.39 is 0 Å². The highest BCUT2D eigenvalue weighted by Crippen LogP contribution is 2.26. The molecule has 0 atom stereocenters. The van der Waals surface area contributed by atoms with E-state index in [0.29, 0.717) is 0 Å². The van der Waals surface area contributed by atoms with Gasteiger partial charge in [-0.05, 0) is 43.9 Å². The van der Waals surface area contributed by atoms with Crippen LogP contribution in [0.3, 0.4) is 0 Å². The molecule has 1 N–H and O–H groups in total. The van der Waals surface area contributed by atoms with Gasteiger partial charge in [0.05, 0.1) is 0 Å². The molecule has 1 aromatic rings. The van der Waals surface area contributed by atoms with Crippen LogP contribution in [0.15, 0.2) is 30.3 Å². The SMILES string of the molecule is CC(C)(C)NCC1=CCc2ccccc21. The van der Waals surface area contributed by atoms with Gasteiger partial charge in [-0.15, -0.1) is 0 Å². The van der Waals surface area contributed by atoms with Gasteiger partial charge >= 0.3 is 0 Å². The van der Waals surface area contributed by atoms with Crippen molar-refractivity contribution in [3.8, 4) is 0 Å². The summed E-state index contributed by atoms with van der Waals surface area (Å²) in [5.74, 6) is 0. The molecule has 0 bridgehead atoms. The van der Waals surface area contributed by atoms with Crippen LogP contribution < -0.4 is 5.32 Å². The second kappa shape index (κ2) is 3.82. The van der Waals surface area contributed by atoms with Crippen molar-refractivity contribution in [3.05, 3.63) is 41.5 Å². The van der Waals surface area contributed by atoms with Crippen LogP contribution in [0, 0.1) is 0 Å². The van der Waals surface area contributed by atoms with E-state index in [1.54, 1.807) is 0 Å². The summed E-state index contributed by atoms with van der Waals surface area (Å²) in [6.07, 6.45) is 3.43. The average molecular weight is 201 g/mol. The van der Waals surface area contributed by atoms with Crippen molar-refractivity contribution in [1.29, 1.82) is 0 Å². The van der Waals surface area contributed by atoms with Crippen LogP contribution in [0.2, 0.25) is 0 Å². The molecule has 1 aromatic carbocycles. The van der Waals surface area contributed by atoms with Gasteiger partial charge < -0.3 is 5.32 Å². The number of benzene rings is 1. The molecule has 0 saturated carbocycles. The summed E-state index contributed by atoms with van der Waals surface area (Å²) in [6, 6.07) is 8.68. The van der Waals surface area contributed by atoms with Crippen molar-refractivity contribution < 1.29 is 0 Å². The number of hydrogen-bond donors (Lipinski definition) is 1. The van der Waals surface area contributed by atoms with Crippen molar-refractivity contribution >= 4 is 5.57 Å². The standard InChI is InChI=1S/C14H19N/c1-14(2,3)15-10-12-9-8-11-6-4-5-7-13(11)12/h4-7,9,15H,8,10H2,1-3H3. The monoisotopic (exact) mass is 201 g/mol. The predicted octanol–water partition coefficient (Wildman–Crippen LogP) is 3.01. The molecule has 80 valence electrons. The van der Waals surface area contributed by atoms with Gasteiger partial charge in [-0.2, -0.15) is 0 Å². The Hall–Kier alpha value is -1.08. The fraction of sp³-hybridized carbons (Fsp3) is 0.429. The number of rotatable bonds is 2. The molecule has 2 rings (SSSR count). The van der Waals surface area contributed by atoms with E-state index in [-0.39, 0.29) is 5.54 Å². The fourth-order valence-corrected chi connectivity index (χ4v) is 1.88. The quantitative estimate of drug-likeness (QED) is 0.775. The first-order valence-corrected chi connectivity index (χ1v) is 5.58. The van der Waals surface area contributed by atoms with Crippen molar-refractivity contribution in [2.45, 2.75) is 32.7 Å². The zero-order valence-electron chi connectivity index (χ0n) is 9.80. The smallest absolute Gasteiger partial charge is 0.0213 e. The van der Waals surface area contributed by atoms with Crippen LogP contribution in [0.4, 0.5) is 0 Å². The molecular formula is C14H19N. The third-order valence-electron chi connectivity index (χ3n) is 2.74. The molecule has 1 aliphatic carbocycles. The molecule has 15 heavy (non-hydrogen) atoms. The number of nitrogens with one attached hydrogen (secondary N) is 1. The summed E-state index contributed by atoms with van der Waals surface area (Å²) in [5, 5.41) is 3.54. The van der Waals surface area contributed by atoms with E-state index in [0.717, 1.165) is 13.0 Å². The highest BCUT2D eigenvalue weighted by atomic mass is 14.9. The molecule has 1 nitrogen and oxygen atoms in total. The fourth-order valence-electron chi connectivity index (χ4n) is 1.88. The molecular weight excluding hydrogens is 182 g/mol. The summed E-state index contributed by atoms with van der Waals surface area (Å²) in [7, 11) is 0. The maximum Gasteiger partial charge on any atom is 0.0213 e. The van der Waals surface area contributed by atoms with Crippen LogP contribution in [0.25, 0.3) is 5.57 Å². The molecule has 0 aliphatic heterocycles. The zero-order chi connectivity index (χ0) is 10.9. The lowest BCUT2D eigenvalue weighted by Gasteiger charge is -2.21. The van der Waals surface area contributed by atoms with E-state index in [1.165, 1.54) is 16.7 Å². The summed E-state index contributed by atoms with van der Waals surface area (Å²) in [4.78, 5) is 0. The van der Waals surface area contributed by atoms with Crippen molar-refractivity contribution in [3.63, 3.8) is 0 Å². The average Bonchev–Trinajstić information content (AvgIpc) is 2.57. The maximum absolute atomic E-state index is 3.54. The first-order valence-electron chi connectivity index (χ1n) is 5.58. The first kappa shape index (κ1) is 10.4. The topological polar surface area (TPSA) is 12.0 Å².